The Hall–Kier alpha value is -1.06. The van der Waals surface area contributed by atoms with Gasteiger partial charge < -0.3 is 4.90 Å². The predicted molar refractivity (Wildman–Crippen MR) is 61.1 cm³/mol. The highest BCUT2D eigenvalue weighted by atomic mass is 16.2. The second-order valence-electron chi connectivity index (χ2n) is 6.44. The van der Waals surface area contributed by atoms with Gasteiger partial charge in [0.15, 0.2) is 0 Å². The summed E-state index contributed by atoms with van der Waals surface area (Å²) in [5.41, 5.74) is -0.0921. The van der Waals surface area contributed by atoms with E-state index in [1.807, 2.05) is 14.0 Å². The molecule has 5 atom stereocenters. The number of imide groups is 1. The summed E-state index contributed by atoms with van der Waals surface area (Å²) in [6, 6.07) is -0.0840. The van der Waals surface area contributed by atoms with Gasteiger partial charge in [0.25, 0.3) is 5.91 Å². The van der Waals surface area contributed by atoms with Crippen molar-refractivity contribution in [1.82, 2.24) is 9.80 Å². The Morgan fingerprint density at radius 1 is 1.41 bits per heavy atom. The number of hydrogen-bond donors (Lipinski definition) is 0. The van der Waals surface area contributed by atoms with E-state index in [-0.39, 0.29) is 11.9 Å². The van der Waals surface area contributed by atoms with Crippen LogP contribution in [0.15, 0.2) is 0 Å². The highest BCUT2D eigenvalue weighted by molar-refractivity contribution is 6.08. The van der Waals surface area contributed by atoms with E-state index in [1.165, 1.54) is 4.90 Å². The van der Waals surface area contributed by atoms with E-state index >= 15 is 0 Å². The third-order valence-electron chi connectivity index (χ3n) is 6.15. The van der Waals surface area contributed by atoms with E-state index in [2.05, 4.69) is 6.92 Å². The Balaban J connectivity index is 1.86. The average molecular weight is 234 g/mol. The number of carbonyl (C=O) groups is 2. The predicted octanol–water partition coefficient (Wildman–Crippen LogP) is 1.31. The average Bonchev–Trinajstić information content (AvgIpc) is 2.68. The summed E-state index contributed by atoms with van der Waals surface area (Å²) in [6.07, 6.45) is 2.30. The molecule has 5 aliphatic rings. The van der Waals surface area contributed by atoms with Crippen LogP contribution in [0.4, 0.5) is 4.79 Å². The lowest BCUT2D eigenvalue weighted by molar-refractivity contribution is -0.134. The van der Waals surface area contributed by atoms with Crippen LogP contribution in [-0.2, 0) is 4.79 Å². The molecule has 0 N–H and O–H groups in total. The number of likely N-dealkylation sites (N-methyl/N-ethyl adjacent to an activating group) is 2. The minimum Gasteiger partial charge on any atom is -0.312 e. The quantitative estimate of drug-likeness (QED) is 0.642. The summed E-state index contributed by atoms with van der Waals surface area (Å²) in [6.45, 7) is 4.69. The van der Waals surface area contributed by atoms with Gasteiger partial charge in [0, 0.05) is 19.5 Å². The van der Waals surface area contributed by atoms with Gasteiger partial charge in [-0.1, -0.05) is 6.92 Å². The van der Waals surface area contributed by atoms with Crippen molar-refractivity contribution in [2.24, 2.45) is 23.2 Å². The molecule has 1 heterocycles. The van der Waals surface area contributed by atoms with Crippen molar-refractivity contribution in [2.75, 3.05) is 13.6 Å². The molecule has 1 spiro atoms. The zero-order valence-corrected chi connectivity index (χ0v) is 10.6. The minimum atomic E-state index is -0.452. The molecule has 4 saturated carbocycles. The van der Waals surface area contributed by atoms with E-state index in [1.54, 1.807) is 4.90 Å². The lowest BCUT2D eigenvalue weighted by atomic mass is 9.87. The Labute approximate surface area is 101 Å². The standard InChI is InChI=1S/C13H18N2O2/c1-4-15-10(16)13(14(3)11(15)17)7-5-8-9(13)12(8,2)6-7/h7-9H,4-6H2,1-3H3. The maximum atomic E-state index is 12.7. The van der Waals surface area contributed by atoms with Gasteiger partial charge in [-0.2, -0.15) is 0 Å². The fourth-order valence-corrected chi connectivity index (χ4v) is 5.52. The summed E-state index contributed by atoms with van der Waals surface area (Å²) >= 11 is 0. The lowest BCUT2D eigenvalue weighted by Gasteiger charge is -2.32. The zero-order valence-electron chi connectivity index (χ0n) is 10.6. The normalized spacial score (nSPS) is 54.4. The molecule has 5 fully saturated rings. The van der Waals surface area contributed by atoms with Crippen molar-refractivity contribution in [3.05, 3.63) is 0 Å². The van der Waals surface area contributed by atoms with Crippen LogP contribution in [0.1, 0.15) is 26.7 Å². The summed E-state index contributed by atoms with van der Waals surface area (Å²) < 4.78 is 0. The van der Waals surface area contributed by atoms with Crippen molar-refractivity contribution in [1.29, 1.82) is 0 Å². The highest BCUT2D eigenvalue weighted by Crippen LogP contribution is 2.84. The van der Waals surface area contributed by atoms with Crippen LogP contribution >= 0.6 is 0 Å². The smallest absolute Gasteiger partial charge is 0.312 e. The molecule has 4 heteroatoms. The summed E-state index contributed by atoms with van der Waals surface area (Å²) in [7, 11) is 1.83. The number of amides is 3. The van der Waals surface area contributed by atoms with E-state index in [9.17, 15) is 9.59 Å². The first-order valence-corrected chi connectivity index (χ1v) is 6.59. The van der Waals surface area contributed by atoms with Gasteiger partial charge in [-0.3, -0.25) is 9.69 Å². The maximum Gasteiger partial charge on any atom is 0.327 e. The van der Waals surface area contributed by atoms with Gasteiger partial charge in [0.2, 0.25) is 0 Å². The topological polar surface area (TPSA) is 40.6 Å². The first kappa shape index (κ1) is 9.92. The van der Waals surface area contributed by atoms with E-state index in [0.29, 0.717) is 29.7 Å². The first-order chi connectivity index (χ1) is 7.99. The van der Waals surface area contributed by atoms with Gasteiger partial charge in [-0.15, -0.1) is 0 Å². The van der Waals surface area contributed by atoms with E-state index in [4.69, 9.17) is 0 Å². The third kappa shape index (κ3) is 0.696. The Morgan fingerprint density at radius 3 is 2.47 bits per heavy atom. The summed E-state index contributed by atoms with van der Waals surface area (Å²) in [5.74, 6) is 1.65. The Bertz CT molecular complexity index is 462. The molecule has 5 unspecified atom stereocenters. The molecule has 4 bridgehead atoms. The second kappa shape index (κ2) is 2.38. The van der Waals surface area contributed by atoms with Gasteiger partial charge >= 0.3 is 6.03 Å². The maximum absolute atomic E-state index is 12.7. The van der Waals surface area contributed by atoms with Crippen molar-refractivity contribution < 1.29 is 9.59 Å². The van der Waals surface area contributed by atoms with Crippen LogP contribution in [-0.4, -0.2) is 40.9 Å². The molecule has 4 nitrogen and oxygen atoms in total. The van der Waals surface area contributed by atoms with Gasteiger partial charge in [-0.25, -0.2) is 4.79 Å². The summed E-state index contributed by atoms with van der Waals surface area (Å²) in [4.78, 5) is 28.0. The monoisotopic (exact) mass is 234 g/mol. The molecule has 0 aromatic rings. The molecule has 1 saturated heterocycles. The van der Waals surface area contributed by atoms with Crippen LogP contribution in [0.25, 0.3) is 0 Å². The molecule has 92 valence electrons. The van der Waals surface area contributed by atoms with E-state index in [0.717, 1.165) is 12.8 Å². The number of rotatable bonds is 1. The molecule has 0 aromatic carbocycles. The SMILES string of the molecule is CCN1C(=O)N(C)C2(C1=O)C1CC3C2C3(C)C1. The summed E-state index contributed by atoms with van der Waals surface area (Å²) in [5, 5.41) is 0. The molecule has 4 aliphatic carbocycles. The lowest BCUT2D eigenvalue weighted by Crippen LogP contribution is -2.51. The van der Waals surface area contributed by atoms with Crippen molar-refractivity contribution >= 4 is 11.9 Å². The minimum absolute atomic E-state index is 0.0840. The Morgan fingerprint density at radius 2 is 2.12 bits per heavy atom. The van der Waals surface area contributed by atoms with Crippen LogP contribution in [0.2, 0.25) is 0 Å². The van der Waals surface area contributed by atoms with E-state index < -0.39 is 5.54 Å². The number of urea groups is 1. The largest absolute Gasteiger partial charge is 0.327 e. The van der Waals surface area contributed by atoms with Crippen LogP contribution in [0.5, 0.6) is 0 Å². The molecule has 0 aromatic heterocycles. The first-order valence-electron chi connectivity index (χ1n) is 6.59. The molecule has 5 rings (SSSR count). The fraction of sp³-hybridized carbons (Fsp3) is 0.846. The highest BCUT2D eigenvalue weighted by Gasteiger charge is 2.87. The number of carbonyl (C=O) groups excluding carboxylic acids is 2. The molecular formula is C13H18N2O2. The van der Waals surface area contributed by atoms with Gasteiger partial charge in [-0.05, 0) is 37.0 Å². The van der Waals surface area contributed by atoms with Crippen molar-refractivity contribution in [3.8, 4) is 0 Å². The molecule has 17 heavy (non-hydrogen) atoms. The van der Waals surface area contributed by atoms with Crippen molar-refractivity contribution in [3.63, 3.8) is 0 Å². The van der Waals surface area contributed by atoms with Crippen molar-refractivity contribution in [2.45, 2.75) is 32.2 Å². The number of nitrogens with zero attached hydrogens (tertiary/aromatic N) is 2. The van der Waals surface area contributed by atoms with Crippen LogP contribution in [0, 0.1) is 23.2 Å². The molecule has 1 aliphatic heterocycles. The number of hydrogen-bond acceptors (Lipinski definition) is 2. The third-order valence-corrected chi connectivity index (χ3v) is 6.15. The molecule has 0 radical (unpaired) electrons. The Kier molecular flexibility index (Phi) is 1.39. The van der Waals surface area contributed by atoms with Gasteiger partial charge in [0.05, 0.1) is 0 Å². The molecule has 3 amide bonds. The zero-order chi connectivity index (χ0) is 12.2. The van der Waals surface area contributed by atoms with Crippen LogP contribution in [0.3, 0.4) is 0 Å². The fourth-order valence-electron chi connectivity index (χ4n) is 5.52. The van der Waals surface area contributed by atoms with Gasteiger partial charge in [0.1, 0.15) is 5.54 Å². The van der Waals surface area contributed by atoms with Crippen LogP contribution < -0.4 is 0 Å². The molecular weight excluding hydrogens is 216 g/mol. The second-order valence-corrected chi connectivity index (χ2v) is 6.44.